The third-order valence-electron chi connectivity index (χ3n) is 3.57. The van der Waals surface area contributed by atoms with Gasteiger partial charge >= 0.3 is 0 Å². The van der Waals surface area contributed by atoms with E-state index >= 15 is 0 Å². The highest BCUT2D eigenvalue weighted by Gasteiger charge is 2.13. The van der Waals surface area contributed by atoms with Crippen molar-refractivity contribution in [1.29, 1.82) is 0 Å². The molecule has 1 atom stereocenters. The molecule has 0 aliphatic heterocycles. The predicted octanol–water partition coefficient (Wildman–Crippen LogP) is 3.74. The molecule has 0 fully saturated rings. The van der Waals surface area contributed by atoms with E-state index in [2.05, 4.69) is 42.1 Å². The molecular formula is C17H26ClN3OS. The van der Waals surface area contributed by atoms with Crippen LogP contribution >= 0.6 is 24.2 Å². The van der Waals surface area contributed by atoms with Gasteiger partial charge in [0.05, 0.1) is 6.04 Å². The van der Waals surface area contributed by atoms with Gasteiger partial charge in [0, 0.05) is 29.3 Å². The lowest BCUT2D eigenvalue weighted by Gasteiger charge is -2.12. The second kappa shape index (κ2) is 9.21. The third kappa shape index (κ3) is 5.44. The summed E-state index contributed by atoms with van der Waals surface area (Å²) in [5.74, 6) is 1.38. The number of benzene rings is 1. The largest absolute Gasteiger partial charge is 0.347 e. The fraction of sp³-hybridized carbons (Fsp3) is 0.471. The molecule has 23 heavy (non-hydrogen) atoms. The van der Waals surface area contributed by atoms with Crippen LogP contribution in [0.2, 0.25) is 0 Å². The Balaban J connectivity index is 0.00000264. The number of nitrogens with one attached hydrogen (secondary N) is 1. The summed E-state index contributed by atoms with van der Waals surface area (Å²) < 4.78 is 2.25. The summed E-state index contributed by atoms with van der Waals surface area (Å²) in [4.78, 5) is 12.1. The summed E-state index contributed by atoms with van der Waals surface area (Å²) in [7, 11) is 0. The van der Waals surface area contributed by atoms with E-state index in [4.69, 9.17) is 5.73 Å². The monoisotopic (exact) mass is 355 g/mol. The second-order valence-corrected chi connectivity index (χ2v) is 7.00. The quantitative estimate of drug-likeness (QED) is 0.795. The maximum atomic E-state index is 12.1. The lowest BCUT2D eigenvalue weighted by Crippen LogP contribution is -2.36. The molecule has 3 N–H and O–H groups in total. The Bertz CT molecular complexity index is 642. The van der Waals surface area contributed by atoms with Crippen molar-refractivity contribution >= 4 is 46.7 Å². The van der Waals surface area contributed by atoms with E-state index in [0.29, 0.717) is 12.3 Å². The van der Waals surface area contributed by atoms with Gasteiger partial charge in [0.2, 0.25) is 5.91 Å². The number of thioether (sulfide) groups is 1. The Labute approximate surface area is 148 Å². The number of fused-ring (bicyclic) bond motifs is 1. The number of anilines is 1. The average Bonchev–Trinajstić information content (AvgIpc) is 2.86. The molecule has 0 unspecified atom stereocenters. The molecule has 0 spiro atoms. The van der Waals surface area contributed by atoms with Crippen LogP contribution in [0.4, 0.5) is 5.69 Å². The summed E-state index contributed by atoms with van der Waals surface area (Å²) in [5, 5.41) is 4.05. The van der Waals surface area contributed by atoms with Crippen molar-refractivity contribution in [2.75, 3.05) is 17.3 Å². The van der Waals surface area contributed by atoms with Gasteiger partial charge in [-0.15, -0.1) is 12.4 Å². The zero-order chi connectivity index (χ0) is 16.1. The van der Waals surface area contributed by atoms with Crippen LogP contribution in [0.25, 0.3) is 10.9 Å². The Morgan fingerprint density at radius 1 is 1.35 bits per heavy atom. The summed E-state index contributed by atoms with van der Waals surface area (Å²) in [6, 6.07) is 7.64. The fourth-order valence-corrected chi connectivity index (χ4v) is 2.93. The molecule has 1 aromatic carbocycles. The first-order chi connectivity index (χ1) is 10.5. The predicted molar refractivity (Wildman–Crippen MR) is 104 cm³/mol. The van der Waals surface area contributed by atoms with Crippen LogP contribution in [0.3, 0.4) is 0 Å². The number of aromatic nitrogens is 1. The lowest BCUT2D eigenvalue weighted by atomic mass is 10.2. The first-order valence-corrected chi connectivity index (χ1v) is 9.05. The van der Waals surface area contributed by atoms with Crippen molar-refractivity contribution in [3.05, 3.63) is 30.5 Å². The molecule has 1 aromatic heterocycles. The number of nitrogens with zero attached hydrogens (tertiary/aromatic N) is 1. The van der Waals surface area contributed by atoms with Crippen LogP contribution in [0.15, 0.2) is 30.5 Å². The highest BCUT2D eigenvalue weighted by atomic mass is 35.5. The summed E-state index contributed by atoms with van der Waals surface area (Å²) in [6.45, 7) is 5.40. The van der Waals surface area contributed by atoms with Gasteiger partial charge < -0.3 is 15.6 Å². The van der Waals surface area contributed by atoms with E-state index in [1.54, 1.807) is 11.8 Å². The first-order valence-electron chi connectivity index (χ1n) is 7.65. The van der Waals surface area contributed by atoms with Gasteiger partial charge in [-0.2, -0.15) is 11.8 Å². The van der Waals surface area contributed by atoms with Gasteiger partial charge in [-0.1, -0.05) is 13.8 Å². The zero-order valence-electron chi connectivity index (χ0n) is 13.9. The minimum absolute atomic E-state index is 0. The van der Waals surface area contributed by atoms with Crippen molar-refractivity contribution in [3.63, 3.8) is 0 Å². The first kappa shape index (κ1) is 19.9. The molecule has 0 bridgehead atoms. The van der Waals surface area contributed by atoms with Gasteiger partial charge in [0.1, 0.15) is 0 Å². The Kier molecular flexibility index (Phi) is 7.95. The molecule has 1 heterocycles. The highest BCUT2D eigenvalue weighted by Crippen LogP contribution is 2.21. The van der Waals surface area contributed by atoms with E-state index < -0.39 is 6.04 Å². The maximum Gasteiger partial charge on any atom is 0.241 e. The molecule has 0 saturated carbocycles. The number of nitrogens with two attached hydrogens (primary N) is 1. The summed E-state index contributed by atoms with van der Waals surface area (Å²) in [5.41, 5.74) is 7.89. The molecule has 2 rings (SSSR count). The van der Waals surface area contributed by atoms with Crippen molar-refractivity contribution < 1.29 is 4.79 Å². The number of hydrogen-bond donors (Lipinski definition) is 2. The molecular weight excluding hydrogens is 330 g/mol. The minimum atomic E-state index is -0.450. The van der Waals surface area contributed by atoms with Crippen LogP contribution in [-0.2, 0) is 11.3 Å². The van der Waals surface area contributed by atoms with Crippen LogP contribution in [0, 0.1) is 5.92 Å². The average molecular weight is 356 g/mol. The topological polar surface area (TPSA) is 60.1 Å². The Hall–Kier alpha value is -1.17. The van der Waals surface area contributed by atoms with Gasteiger partial charge in [0.25, 0.3) is 0 Å². The smallest absolute Gasteiger partial charge is 0.241 e. The molecule has 4 nitrogen and oxygen atoms in total. The molecule has 1 amide bonds. The Morgan fingerprint density at radius 2 is 2.09 bits per heavy atom. The van der Waals surface area contributed by atoms with E-state index in [9.17, 15) is 4.79 Å². The molecule has 6 heteroatoms. The fourth-order valence-electron chi connectivity index (χ4n) is 2.44. The molecule has 0 radical (unpaired) electrons. The maximum absolute atomic E-state index is 12.1. The SMILES string of the molecule is CSCC[C@H](N)C(=O)Nc1ccc2c(ccn2CC(C)C)c1.Cl. The number of carbonyl (C=O) groups is 1. The number of amides is 1. The van der Waals surface area contributed by atoms with E-state index in [1.165, 1.54) is 5.52 Å². The van der Waals surface area contributed by atoms with Crippen LogP contribution < -0.4 is 11.1 Å². The number of rotatable bonds is 7. The standard InChI is InChI=1S/C17H25N3OS.ClH/c1-12(2)11-20-8-6-13-10-14(4-5-16(13)20)19-17(21)15(18)7-9-22-3;/h4-6,8,10,12,15H,7,9,11,18H2,1-3H3,(H,19,21);1H/t15-;/m0./s1. The third-order valence-corrected chi connectivity index (χ3v) is 4.21. The molecule has 0 aliphatic rings. The molecule has 128 valence electrons. The molecule has 0 aliphatic carbocycles. The van der Waals surface area contributed by atoms with Gasteiger partial charge in [-0.3, -0.25) is 4.79 Å². The van der Waals surface area contributed by atoms with Crippen molar-refractivity contribution in [3.8, 4) is 0 Å². The van der Waals surface area contributed by atoms with E-state index in [1.807, 2.05) is 18.4 Å². The summed E-state index contributed by atoms with van der Waals surface area (Å²) in [6.07, 6.45) is 4.81. The van der Waals surface area contributed by atoms with Gasteiger partial charge in [-0.25, -0.2) is 0 Å². The molecule has 2 aromatic rings. The number of hydrogen-bond acceptors (Lipinski definition) is 3. The van der Waals surface area contributed by atoms with Crippen LogP contribution in [0.1, 0.15) is 20.3 Å². The second-order valence-electron chi connectivity index (χ2n) is 6.01. The lowest BCUT2D eigenvalue weighted by molar-refractivity contribution is -0.117. The van der Waals surface area contributed by atoms with Crippen molar-refractivity contribution in [1.82, 2.24) is 4.57 Å². The zero-order valence-corrected chi connectivity index (χ0v) is 15.5. The highest BCUT2D eigenvalue weighted by molar-refractivity contribution is 7.98. The number of halogens is 1. The van der Waals surface area contributed by atoms with E-state index in [-0.39, 0.29) is 18.3 Å². The van der Waals surface area contributed by atoms with Gasteiger partial charge in [-0.05, 0) is 48.6 Å². The Morgan fingerprint density at radius 3 is 2.74 bits per heavy atom. The molecule has 0 saturated heterocycles. The van der Waals surface area contributed by atoms with Crippen LogP contribution in [0.5, 0.6) is 0 Å². The van der Waals surface area contributed by atoms with Crippen LogP contribution in [-0.4, -0.2) is 28.5 Å². The summed E-state index contributed by atoms with van der Waals surface area (Å²) >= 11 is 1.70. The number of carbonyl (C=O) groups excluding carboxylic acids is 1. The van der Waals surface area contributed by atoms with E-state index in [0.717, 1.165) is 23.4 Å². The minimum Gasteiger partial charge on any atom is -0.347 e. The van der Waals surface area contributed by atoms with Crippen molar-refractivity contribution in [2.24, 2.45) is 11.7 Å². The van der Waals surface area contributed by atoms with Gasteiger partial charge in [0.15, 0.2) is 0 Å². The van der Waals surface area contributed by atoms with Crippen molar-refractivity contribution in [2.45, 2.75) is 32.9 Å². The normalized spacial score (nSPS) is 12.2.